The smallest absolute Gasteiger partial charge is 0.239 e. The highest BCUT2D eigenvalue weighted by Crippen LogP contribution is 2.37. The molecule has 1 unspecified atom stereocenters. The van der Waals surface area contributed by atoms with Gasteiger partial charge in [-0.2, -0.15) is 0 Å². The van der Waals surface area contributed by atoms with Crippen LogP contribution in [0.15, 0.2) is 0 Å². The maximum Gasteiger partial charge on any atom is 0.239 e. The summed E-state index contributed by atoms with van der Waals surface area (Å²) in [6.07, 6.45) is 4.58. The Morgan fingerprint density at radius 1 is 1.14 bits per heavy atom. The zero-order chi connectivity index (χ0) is 14.6. The van der Waals surface area contributed by atoms with Crippen molar-refractivity contribution in [2.24, 2.45) is 5.41 Å². The Kier molecular flexibility index (Phi) is 9.95. The summed E-state index contributed by atoms with van der Waals surface area (Å²) in [7, 11) is 0. The molecule has 2 saturated heterocycles. The van der Waals surface area contributed by atoms with Crippen LogP contribution >= 0.6 is 24.8 Å². The summed E-state index contributed by atoms with van der Waals surface area (Å²) in [6, 6.07) is 0.0840. The van der Waals surface area contributed by atoms with Crippen LogP contribution in [0.25, 0.3) is 0 Å². The predicted molar refractivity (Wildman–Crippen MR) is 97.2 cm³/mol. The van der Waals surface area contributed by atoms with Gasteiger partial charge in [-0.05, 0) is 50.7 Å². The number of hydrogen-bond donors (Lipinski definition) is 1. The first-order valence-corrected chi connectivity index (χ1v) is 8.39. The minimum Gasteiger partial charge on any atom is -0.341 e. The first-order chi connectivity index (χ1) is 9.65. The average Bonchev–Trinajstić information content (AvgIpc) is 2.93. The lowest BCUT2D eigenvalue weighted by molar-refractivity contribution is -0.139. The highest BCUT2D eigenvalue weighted by atomic mass is 35.5. The van der Waals surface area contributed by atoms with E-state index in [1.165, 1.54) is 19.3 Å². The minimum absolute atomic E-state index is 0. The van der Waals surface area contributed by atoms with Gasteiger partial charge in [-0.1, -0.05) is 20.8 Å². The summed E-state index contributed by atoms with van der Waals surface area (Å²) in [5, 5.41) is 3.49. The SMILES string of the molecule is CCC(C(=O)N1CCC2(CCNC2)CC1)N(CC)CC.Cl.Cl. The Hall–Kier alpha value is -0.0300. The van der Waals surface area contributed by atoms with Gasteiger partial charge < -0.3 is 10.2 Å². The fourth-order valence-electron chi connectivity index (χ4n) is 3.89. The van der Waals surface area contributed by atoms with E-state index in [1.807, 2.05) is 0 Å². The lowest BCUT2D eigenvalue weighted by Crippen LogP contribution is -2.52. The molecule has 2 rings (SSSR count). The summed E-state index contributed by atoms with van der Waals surface area (Å²) in [6.45, 7) is 12.6. The molecule has 0 radical (unpaired) electrons. The molecule has 0 saturated carbocycles. The molecule has 0 aliphatic carbocycles. The number of nitrogens with one attached hydrogen (secondary N) is 1. The van der Waals surface area contributed by atoms with E-state index >= 15 is 0 Å². The van der Waals surface area contributed by atoms with Crippen LogP contribution < -0.4 is 5.32 Å². The third-order valence-electron chi connectivity index (χ3n) is 5.39. The largest absolute Gasteiger partial charge is 0.341 e. The van der Waals surface area contributed by atoms with Crippen molar-refractivity contribution in [1.82, 2.24) is 15.1 Å². The molecule has 1 N–H and O–H groups in total. The van der Waals surface area contributed by atoms with Gasteiger partial charge in [0.15, 0.2) is 0 Å². The number of nitrogens with zero attached hydrogens (tertiary/aromatic N) is 2. The van der Waals surface area contributed by atoms with Crippen molar-refractivity contribution < 1.29 is 4.79 Å². The van der Waals surface area contributed by atoms with Crippen molar-refractivity contribution in [3.8, 4) is 0 Å². The molecule has 0 aromatic carbocycles. The van der Waals surface area contributed by atoms with E-state index in [9.17, 15) is 4.79 Å². The molecule has 22 heavy (non-hydrogen) atoms. The Balaban J connectivity index is 0.00000220. The van der Waals surface area contributed by atoms with E-state index in [-0.39, 0.29) is 30.9 Å². The number of carbonyl (C=O) groups is 1. The molecular weight excluding hydrogens is 321 g/mol. The molecule has 2 heterocycles. The van der Waals surface area contributed by atoms with Crippen molar-refractivity contribution in [1.29, 1.82) is 0 Å². The molecule has 0 aromatic heterocycles. The van der Waals surface area contributed by atoms with Crippen molar-refractivity contribution >= 4 is 30.7 Å². The maximum atomic E-state index is 12.8. The number of halogens is 2. The highest BCUT2D eigenvalue weighted by molar-refractivity contribution is 5.85. The zero-order valence-corrected chi connectivity index (χ0v) is 15.9. The second-order valence-electron chi connectivity index (χ2n) is 6.40. The number of amides is 1. The molecule has 2 aliphatic heterocycles. The molecule has 1 atom stereocenters. The van der Waals surface area contributed by atoms with Crippen LogP contribution in [0.5, 0.6) is 0 Å². The van der Waals surface area contributed by atoms with Gasteiger partial charge in [-0.15, -0.1) is 24.8 Å². The minimum atomic E-state index is 0. The molecule has 132 valence electrons. The summed E-state index contributed by atoms with van der Waals surface area (Å²) < 4.78 is 0. The van der Waals surface area contributed by atoms with Gasteiger partial charge in [-0.3, -0.25) is 9.69 Å². The molecular formula is C16H33Cl2N3O. The first kappa shape index (κ1) is 22.0. The number of rotatable bonds is 5. The van der Waals surface area contributed by atoms with Crippen molar-refractivity contribution in [3.05, 3.63) is 0 Å². The quantitative estimate of drug-likeness (QED) is 0.824. The van der Waals surface area contributed by atoms with Gasteiger partial charge in [0, 0.05) is 19.6 Å². The number of carbonyl (C=O) groups excluding carboxylic acids is 1. The fourth-order valence-corrected chi connectivity index (χ4v) is 3.89. The van der Waals surface area contributed by atoms with Gasteiger partial charge in [0.2, 0.25) is 5.91 Å². The Bertz CT molecular complexity index is 321. The summed E-state index contributed by atoms with van der Waals surface area (Å²) in [4.78, 5) is 17.2. The van der Waals surface area contributed by atoms with Crippen molar-refractivity contribution in [2.45, 2.75) is 52.5 Å². The zero-order valence-electron chi connectivity index (χ0n) is 14.3. The van der Waals surface area contributed by atoms with Crippen LogP contribution in [0.2, 0.25) is 0 Å². The second kappa shape index (κ2) is 9.96. The van der Waals surface area contributed by atoms with Gasteiger partial charge in [-0.25, -0.2) is 0 Å². The Labute approximate surface area is 148 Å². The molecule has 2 fully saturated rings. The summed E-state index contributed by atoms with van der Waals surface area (Å²) in [5.41, 5.74) is 0.494. The third-order valence-corrected chi connectivity index (χ3v) is 5.39. The van der Waals surface area contributed by atoms with Crippen LogP contribution in [-0.2, 0) is 4.79 Å². The van der Waals surface area contributed by atoms with Gasteiger partial charge in [0.1, 0.15) is 0 Å². The van der Waals surface area contributed by atoms with E-state index in [1.54, 1.807) is 0 Å². The monoisotopic (exact) mass is 353 g/mol. The molecule has 6 heteroatoms. The van der Waals surface area contributed by atoms with Crippen LogP contribution in [0.3, 0.4) is 0 Å². The summed E-state index contributed by atoms with van der Waals surface area (Å²) in [5.74, 6) is 0.358. The highest BCUT2D eigenvalue weighted by Gasteiger charge is 2.39. The lowest BCUT2D eigenvalue weighted by Gasteiger charge is -2.41. The van der Waals surface area contributed by atoms with E-state index in [0.717, 1.165) is 45.7 Å². The summed E-state index contributed by atoms with van der Waals surface area (Å²) >= 11 is 0. The molecule has 1 spiro atoms. The number of hydrogen-bond acceptors (Lipinski definition) is 3. The van der Waals surface area contributed by atoms with E-state index in [2.05, 4.69) is 35.9 Å². The topological polar surface area (TPSA) is 35.6 Å². The molecule has 2 aliphatic rings. The van der Waals surface area contributed by atoms with Crippen molar-refractivity contribution in [2.75, 3.05) is 39.3 Å². The van der Waals surface area contributed by atoms with Gasteiger partial charge in [0.05, 0.1) is 6.04 Å². The molecule has 1 amide bonds. The average molecular weight is 354 g/mol. The van der Waals surface area contributed by atoms with E-state index in [4.69, 9.17) is 0 Å². The Morgan fingerprint density at radius 2 is 1.73 bits per heavy atom. The molecule has 0 aromatic rings. The lowest BCUT2D eigenvalue weighted by atomic mass is 9.77. The second-order valence-corrected chi connectivity index (χ2v) is 6.40. The van der Waals surface area contributed by atoms with E-state index < -0.39 is 0 Å². The van der Waals surface area contributed by atoms with Crippen LogP contribution in [0, 0.1) is 5.41 Å². The maximum absolute atomic E-state index is 12.8. The molecule has 0 bridgehead atoms. The standard InChI is InChI=1S/C16H31N3O.2ClH/c1-4-14(18(5-2)6-3)15(20)19-11-8-16(9-12-19)7-10-17-13-16;;/h14,17H,4-13H2,1-3H3;2*1H. The number of likely N-dealkylation sites (tertiary alicyclic amines) is 1. The van der Waals surface area contributed by atoms with Crippen LogP contribution in [0.1, 0.15) is 46.5 Å². The van der Waals surface area contributed by atoms with Gasteiger partial charge >= 0.3 is 0 Å². The third kappa shape index (κ3) is 4.73. The number of likely N-dealkylation sites (N-methyl/N-ethyl adjacent to an activating group) is 1. The number of piperidine rings is 1. The van der Waals surface area contributed by atoms with Crippen LogP contribution in [0.4, 0.5) is 0 Å². The molecule has 4 nitrogen and oxygen atoms in total. The fraction of sp³-hybridized carbons (Fsp3) is 0.938. The first-order valence-electron chi connectivity index (χ1n) is 8.39. The van der Waals surface area contributed by atoms with Gasteiger partial charge in [0.25, 0.3) is 0 Å². The normalized spacial score (nSPS) is 21.4. The van der Waals surface area contributed by atoms with Crippen molar-refractivity contribution in [3.63, 3.8) is 0 Å². The van der Waals surface area contributed by atoms with Crippen LogP contribution in [-0.4, -0.2) is 61.0 Å². The predicted octanol–water partition coefficient (Wildman–Crippen LogP) is 2.55. The Morgan fingerprint density at radius 3 is 2.14 bits per heavy atom. The van der Waals surface area contributed by atoms with E-state index in [0.29, 0.717) is 11.3 Å².